The van der Waals surface area contributed by atoms with Gasteiger partial charge in [-0.25, -0.2) is 0 Å². The Labute approximate surface area is 107 Å². The van der Waals surface area contributed by atoms with Crippen LogP contribution in [0.2, 0.25) is 0 Å². The van der Waals surface area contributed by atoms with E-state index in [0.29, 0.717) is 13.1 Å². The molecule has 0 saturated heterocycles. The van der Waals surface area contributed by atoms with E-state index in [-0.39, 0.29) is 0 Å². The number of benzene rings is 1. The molecular weight excluding hydrogens is 230 g/mol. The molecule has 1 N–H and O–H groups in total. The molecule has 0 aliphatic carbocycles. The summed E-state index contributed by atoms with van der Waals surface area (Å²) in [6.07, 6.45) is 1.04. The number of rotatable bonds is 5. The van der Waals surface area contributed by atoms with E-state index in [1.165, 1.54) is 5.39 Å². The fourth-order valence-electron chi connectivity index (χ4n) is 1.40. The number of H-pyrrole nitrogens is 1. The minimum atomic E-state index is 0.431. The number of fused-ring (bicyclic) bond motifs is 1. The van der Waals surface area contributed by atoms with Crippen molar-refractivity contribution >= 4 is 17.4 Å². The average Bonchev–Trinajstić information content (AvgIpc) is 2.80. The largest absolute Gasteiger partial charge is 0.479 e. The Hall–Kier alpha value is -1.97. The SMILES string of the molecule is CCCOc1cc2ccccc2[nH]1.CCOC=O. The van der Waals surface area contributed by atoms with Gasteiger partial charge in [0.05, 0.1) is 13.2 Å². The van der Waals surface area contributed by atoms with E-state index in [2.05, 4.69) is 22.7 Å². The van der Waals surface area contributed by atoms with E-state index in [1.807, 2.05) is 24.3 Å². The molecule has 0 unspecified atom stereocenters. The molecule has 18 heavy (non-hydrogen) atoms. The molecule has 0 amide bonds. The number of carbonyl (C=O) groups excluding carboxylic acids is 1. The lowest BCUT2D eigenvalue weighted by molar-refractivity contribution is -0.128. The Balaban J connectivity index is 0.000000280. The number of hydrogen-bond acceptors (Lipinski definition) is 3. The van der Waals surface area contributed by atoms with Gasteiger partial charge in [0, 0.05) is 17.0 Å². The second-order valence-corrected chi connectivity index (χ2v) is 3.62. The molecule has 0 fully saturated rings. The molecule has 1 heterocycles. The third-order valence-electron chi connectivity index (χ3n) is 2.20. The van der Waals surface area contributed by atoms with Crippen LogP contribution < -0.4 is 4.74 Å². The van der Waals surface area contributed by atoms with Crippen molar-refractivity contribution in [3.05, 3.63) is 30.3 Å². The van der Waals surface area contributed by atoms with Crippen LogP contribution in [0.25, 0.3) is 10.9 Å². The number of para-hydroxylation sites is 1. The van der Waals surface area contributed by atoms with Crippen LogP contribution in [0.1, 0.15) is 20.3 Å². The van der Waals surface area contributed by atoms with Crippen molar-refractivity contribution in [2.75, 3.05) is 13.2 Å². The first-order valence-corrected chi connectivity index (χ1v) is 6.07. The Morgan fingerprint density at radius 1 is 1.28 bits per heavy atom. The number of carbonyl (C=O) groups is 1. The van der Waals surface area contributed by atoms with Crippen LogP contribution in [0.3, 0.4) is 0 Å². The predicted molar refractivity (Wildman–Crippen MR) is 71.8 cm³/mol. The molecule has 1 aromatic carbocycles. The molecule has 2 rings (SSSR count). The van der Waals surface area contributed by atoms with Crippen LogP contribution in [0, 0.1) is 0 Å². The molecule has 98 valence electrons. The predicted octanol–water partition coefficient (Wildman–Crippen LogP) is 3.14. The minimum absolute atomic E-state index is 0.431. The zero-order chi connectivity index (χ0) is 13.2. The standard InChI is InChI=1S/C11H13NO.C3H6O2/c1-2-7-13-11-8-9-5-3-4-6-10(9)12-11;1-2-5-3-4/h3-6,8,12H,2,7H2,1H3;3H,2H2,1H3. The van der Waals surface area contributed by atoms with Crippen molar-refractivity contribution in [3.8, 4) is 5.88 Å². The van der Waals surface area contributed by atoms with E-state index < -0.39 is 0 Å². The van der Waals surface area contributed by atoms with Crippen LogP contribution in [0.15, 0.2) is 30.3 Å². The molecule has 0 spiro atoms. The van der Waals surface area contributed by atoms with E-state index in [9.17, 15) is 4.79 Å². The minimum Gasteiger partial charge on any atom is -0.479 e. The van der Waals surface area contributed by atoms with E-state index >= 15 is 0 Å². The van der Waals surface area contributed by atoms with E-state index in [0.717, 1.165) is 24.4 Å². The lowest BCUT2D eigenvalue weighted by Crippen LogP contribution is -1.94. The number of nitrogens with one attached hydrogen (secondary N) is 1. The highest BCUT2D eigenvalue weighted by atomic mass is 16.5. The molecule has 0 radical (unpaired) electrons. The molecule has 4 heteroatoms. The lowest BCUT2D eigenvalue weighted by Gasteiger charge is -1.98. The summed E-state index contributed by atoms with van der Waals surface area (Å²) in [5.41, 5.74) is 1.13. The highest BCUT2D eigenvalue weighted by Crippen LogP contribution is 2.19. The van der Waals surface area contributed by atoms with Crippen LogP contribution in [0.5, 0.6) is 5.88 Å². The van der Waals surface area contributed by atoms with E-state index in [1.54, 1.807) is 6.92 Å². The molecule has 0 saturated carbocycles. The van der Waals surface area contributed by atoms with Gasteiger partial charge in [0.1, 0.15) is 0 Å². The van der Waals surface area contributed by atoms with Crippen LogP contribution in [-0.4, -0.2) is 24.7 Å². The van der Waals surface area contributed by atoms with Crippen LogP contribution >= 0.6 is 0 Å². The van der Waals surface area contributed by atoms with Gasteiger partial charge in [-0.3, -0.25) is 4.79 Å². The number of aromatic amines is 1. The lowest BCUT2D eigenvalue weighted by atomic mass is 10.3. The molecular formula is C14H19NO3. The summed E-state index contributed by atoms with van der Waals surface area (Å²) in [5, 5.41) is 1.20. The summed E-state index contributed by atoms with van der Waals surface area (Å²) in [4.78, 5) is 12.4. The average molecular weight is 249 g/mol. The van der Waals surface area contributed by atoms with Crippen molar-refractivity contribution < 1.29 is 14.3 Å². The summed E-state index contributed by atoms with van der Waals surface area (Å²) in [6.45, 7) is 5.54. The second-order valence-electron chi connectivity index (χ2n) is 3.62. The molecule has 0 aliphatic heterocycles. The third-order valence-corrected chi connectivity index (χ3v) is 2.20. The monoisotopic (exact) mass is 249 g/mol. The van der Waals surface area contributed by atoms with Crippen molar-refractivity contribution in [2.45, 2.75) is 20.3 Å². The second kappa shape index (κ2) is 8.17. The highest BCUT2D eigenvalue weighted by Gasteiger charge is 1.98. The number of hydrogen-bond donors (Lipinski definition) is 1. The summed E-state index contributed by atoms with van der Waals surface area (Å²) in [6, 6.07) is 10.2. The van der Waals surface area contributed by atoms with Gasteiger partial charge in [-0.2, -0.15) is 0 Å². The molecule has 0 bridgehead atoms. The first-order valence-electron chi connectivity index (χ1n) is 6.07. The Bertz CT molecular complexity index is 432. The fourth-order valence-corrected chi connectivity index (χ4v) is 1.40. The number of aromatic nitrogens is 1. The maximum absolute atomic E-state index is 9.18. The normalized spacial score (nSPS) is 9.44. The number of ether oxygens (including phenoxy) is 2. The smallest absolute Gasteiger partial charge is 0.293 e. The summed E-state index contributed by atoms with van der Waals surface area (Å²) >= 11 is 0. The van der Waals surface area contributed by atoms with Gasteiger partial charge >= 0.3 is 0 Å². The zero-order valence-corrected chi connectivity index (χ0v) is 10.8. The maximum atomic E-state index is 9.18. The highest BCUT2D eigenvalue weighted by molar-refractivity contribution is 5.81. The van der Waals surface area contributed by atoms with Crippen molar-refractivity contribution in [1.82, 2.24) is 4.98 Å². The van der Waals surface area contributed by atoms with Gasteiger partial charge < -0.3 is 14.5 Å². The van der Waals surface area contributed by atoms with Crippen LogP contribution in [0.4, 0.5) is 0 Å². The summed E-state index contributed by atoms with van der Waals surface area (Å²) < 4.78 is 9.64. The van der Waals surface area contributed by atoms with Gasteiger partial charge in [-0.05, 0) is 19.4 Å². The van der Waals surface area contributed by atoms with Gasteiger partial charge in [-0.15, -0.1) is 0 Å². The van der Waals surface area contributed by atoms with Gasteiger partial charge in [0.25, 0.3) is 6.47 Å². The van der Waals surface area contributed by atoms with E-state index in [4.69, 9.17) is 4.74 Å². The Morgan fingerprint density at radius 3 is 2.61 bits per heavy atom. The molecule has 0 aliphatic rings. The third kappa shape index (κ3) is 4.49. The van der Waals surface area contributed by atoms with Crippen molar-refractivity contribution in [2.24, 2.45) is 0 Å². The van der Waals surface area contributed by atoms with Crippen LogP contribution in [-0.2, 0) is 9.53 Å². The zero-order valence-electron chi connectivity index (χ0n) is 10.8. The fraction of sp³-hybridized carbons (Fsp3) is 0.357. The molecule has 0 atom stereocenters. The Morgan fingerprint density at radius 2 is 2.06 bits per heavy atom. The maximum Gasteiger partial charge on any atom is 0.293 e. The Kier molecular flexibility index (Phi) is 6.40. The van der Waals surface area contributed by atoms with Gasteiger partial charge in [0.15, 0.2) is 5.88 Å². The molecule has 2 aromatic rings. The summed E-state index contributed by atoms with van der Waals surface area (Å²) in [7, 11) is 0. The van der Waals surface area contributed by atoms with Crippen molar-refractivity contribution in [1.29, 1.82) is 0 Å². The topological polar surface area (TPSA) is 51.3 Å². The summed E-state index contributed by atoms with van der Waals surface area (Å²) in [5.74, 6) is 0.864. The first kappa shape index (κ1) is 14.1. The quantitative estimate of drug-likeness (QED) is 0.828. The molecule has 4 nitrogen and oxygen atoms in total. The van der Waals surface area contributed by atoms with Gasteiger partial charge in [0.2, 0.25) is 0 Å². The molecule has 1 aromatic heterocycles. The van der Waals surface area contributed by atoms with Crippen molar-refractivity contribution in [3.63, 3.8) is 0 Å². The van der Waals surface area contributed by atoms with Gasteiger partial charge in [-0.1, -0.05) is 25.1 Å². The first-order chi connectivity index (χ1) is 8.81.